The monoisotopic (exact) mass is 308 g/mol. The van der Waals surface area contributed by atoms with E-state index in [-0.39, 0.29) is 11.9 Å². The Morgan fingerprint density at radius 2 is 1.95 bits per heavy atom. The molecule has 0 atom stereocenters. The van der Waals surface area contributed by atoms with E-state index >= 15 is 0 Å². The number of hydrazine groups is 1. The van der Waals surface area contributed by atoms with Crippen molar-refractivity contribution in [2.24, 2.45) is 0 Å². The molecular weight excluding hydrogens is 284 g/mol. The lowest BCUT2D eigenvalue weighted by atomic mass is 10.2. The van der Waals surface area contributed by atoms with E-state index in [0.717, 1.165) is 25.7 Å². The van der Waals surface area contributed by atoms with E-state index in [1.807, 2.05) is 0 Å². The van der Waals surface area contributed by atoms with Crippen LogP contribution in [0, 0.1) is 13.8 Å². The van der Waals surface area contributed by atoms with E-state index in [1.165, 1.54) is 10.0 Å². The van der Waals surface area contributed by atoms with Crippen molar-refractivity contribution in [3.05, 3.63) is 17.0 Å². The molecule has 7 nitrogen and oxygen atoms in total. The number of rotatable bonds is 5. The zero-order chi connectivity index (χ0) is 16.1. The number of aryl methyl sites for hydroxylation is 2. The molecule has 0 bridgehead atoms. The van der Waals surface area contributed by atoms with Gasteiger partial charge in [0.1, 0.15) is 11.3 Å². The van der Waals surface area contributed by atoms with Gasteiger partial charge in [0, 0.05) is 19.6 Å². The van der Waals surface area contributed by atoms with Gasteiger partial charge in [0.05, 0.1) is 5.69 Å². The average Bonchev–Trinajstić information content (AvgIpc) is 3.10. The van der Waals surface area contributed by atoms with Crippen molar-refractivity contribution in [2.45, 2.75) is 46.5 Å². The topological polar surface area (TPSA) is 78.7 Å². The maximum atomic E-state index is 12.6. The number of unbranched alkanes of at least 4 members (excludes halogenated alkanes) is 2. The van der Waals surface area contributed by atoms with Gasteiger partial charge in [0.2, 0.25) is 0 Å². The van der Waals surface area contributed by atoms with Crippen molar-refractivity contribution < 1.29 is 14.1 Å². The van der Waals surface area contributed by atoms with E-state index in [9.17, 15) is 9.59 Å². The predicted molar refractivity (Wildman–Crippen MR) is 81.3 cm³/mol. The minimum Gasteiger partial charge on any atom is -0.361 e. The molecule has 1 saturated heterocycles. The Kier molecular flexibility index (Phi) is 5.41. The van der Waals surface area contributed by atoms with Crippen LogP contribution in [0.3, 0.4) is 0 Å². The molecule has 0 saturated carbocycles. The first-order valence-corrected chi connectivity index (χ1v) is 7.86. The molecule has 3 amide bonds. The summed E-state index contributed by atoms with van der Waals surface area (Å²) in [4.78, 5) is 24.9. The number of nitrogens with one attached hydrogen (secondary N) is 1. The summed E-state index contributed by atoms with van der Waals surface area (Å²) in [5, 5.41) is 9.65. The normalized spacial score (nSPS) is 14.5. The van der Waals surface area contributed by atoms with Crippen molar-refractivity contribution in [3.63, 3.8) is 0 Å². The quantitative estimate of drug-likeness (QED) is 0.846. The molecule has 22 heavy (non-hydrogen) atoms. The first kappa shape index (κ1) is 16.3. The molecule has 0 spiro atoms. The maximum Gasteiger partial charge on any atom is 0.336 e. The molecule has 0 radical (unpaired) electrons. The predicted octanol–water partition coefficient (Wildman–Crippen LogP) is 2.25. The molecule has 1 N–H and O–H groups in total. The Bertz CT molecular complexity index is 521. The Hall–Kier alpha value is -2.05. The fraction of sp³-hybridized carbons (Fsp3) is 0.667. The molecule has 1 aliphatic rings. The van der Waals surface area contributed by atoms with Crippen LogP contribution >= 0.6 is 0 Å². The summed E-state index contributed by atoms with van der Waals surface area (Å²) in [6, 6.07) is -0.214. The van der Waals surface area contributed by atoms with Crippen LogP contribution in [0.4, 0.5) is 4.79 Å². The molecule has 2 heterocycles. The summed E-state index contributed by atoms with van der Waals surface area (Å²) in [6.07, 6.45) is 3.92. The molecule has 0 aliphatic carbocycles. The highest BCUT2D eigenvalue weighted by Crippen LogP contribution is 2.20. The third-order valence-corrected chi connectivity index (χ3v) is 3.80. The van der Waals surface area contributed by atoms with E-state index in [4.69, 9.17) is 4.52 Å². The van der Waals surface area contributed by atoms with Crippen LogP contribution in [-0.4, -0.2) is 46.7 Å². The molecule has 0 aromatic carbocycles. The van der Waals surface area contributed by atoms with Crippen LogP contribution in [0.2, 0.25) is 0 Å². The van der Waals surface area contributed by atoms with Crippen LogP contribution in [0.15, 0.2) is 4.52 Å². The van der Waals surface area contributed by atoms with Gasteiger partial charge in [0.15, 0.2) is 0 Å². The number of hydrogen-bond acceptors (Lipinski definition) is 4. The van der Waals surface area contributed by atoms with Crippen molar-refractivity contribution in [1.29, 1.82) is 0 Å². The smallest absolute Gasteiger partial charge is 0.336 e. The highest BCUT2D eigenvalue weighted by atomic mass is 16.5. The highest BCUT2D eigenvalue weighted by molar-refractivity contribution is 5.97. The standard InChI is InChI=1S/C15H24N4O3/c1-4-5-6-8-16-15(21)19-10-7-9-18(19)14(20)13-11(2)17-22-12(13)3/h4-10H2,1-3H3,(H,16,21). The summed E-state index contributed by atoms with van der Waals surface area (Å²) < 4.78 is 5.05. The number of urea groups is 1. The van der Waals surface area contributed by atoms with E-state index in [1.54, 1.807) is 13.8 Å². The summed E-state index contributed by atoms with van der Waals surface area (Å²) in [5.41, 5.74) is 1.00. The minimum atomic E-state index is -0.225. The Morgan fingerprint density at radius 1 is 1.23 bits per heavy atom. The lowest BCUT2D eigenvalue weighted by molar-refractivity contribution is 0.0374. The third-order valence-electron chi connectivity index (χ3n) is 3.80. The van der Waals surface area contributed by atoms with E-state index in [0.29, 0.717) is 36.7 Å². The first-order valence-electron chi connectivity index (χ1n) is 7.86. The largest absolute Gasteiger partial charge is 0.361 e. The SMILES string of the molecule is CCCCCNC(=O)N1CCCN1C(=O)c1c(C)noc1C. The van der Waals surface area contributed by atoms with Crippen LogP contribution < -0.4 is 5.32 Å². The van der Waals surface area contributed by atoms with Crippen molar-refractivity contribution in [1.82, 2.24) is 20.5 Å². The Balaban J connectivity index is 2.01. The molecule has 0 unspecified atom stereocenters. The molecule has 122 valence electrons. The molecule has 1 aliphatic heterocycles. The van der Waals surface area contributed by atoms with Gasteiger partial charge in [-0.05, 0) is 26.7 Å². The third kappa shape index (κ3) is 3.40. The summed E-state index contributed by atoms with van der Waals surface area (Å²) in [7, 11) is 0. The lowest BCUT2D eigenvalue weighted by Gasteiger charge is -2.27. The van der Waals surface area contributed by atoms with Crippen molar-refractivity contribution in [3.8, 4) is 0 Å². The van der Waals surface area contributed by atoms with Gasteiger partial charge in [-0.25, -0.2) is 14.8 Å². The van der Waals surface area contributed by atoms with Gasteiger partial charge in [0.25, 0.3) is 5.91 Å². The molecular formula is C15H24N4O3. The molecule has 1 aromatic rings. The van der Waals surface area contributed by atoms with Crippen LogP contribution in [-0.2, 0) is 0 Å². The first-order chi connectivity index (χ1) is 10.6. The number of amides is 3. The second-order valence-electron chi connectivity index (χ2n) is 5.54. The summed E-state index contributed by atoms with van der Waals surface area (Å²) in [5.74, 6) is 0.259. The molecule has 1 aromatic heterocycles. The van der Waals surface area contributed by atoms with Gasteiger partial charge >= 0.3 is 6.03 Å². The highest BCUT2D eigenvalue weighted by Gasteiger charge is 2.33. The van der Waals surface area contributed by atoms with Crippen LogP contribution in [0.25, 0.3) is 0 Å². The van der Waals surface area contributed by atoms with Gasteiger partial charge in [-0.15, -0.1) is 0 Å². The molecule has 1 fully saturated rings. The zero-order valence-corrected chi connectivity index (χ0v) is 13.5. The average molecular weight is 308 g/mol. The number of hydrogen-bond donors (Lipinski definition) is 1. The fourth-order valence-electron chi connectivity index (χ4n) is 2.61. The lowest BCUT2D eigenvalue weighted by Crippen LogP contribution is -2.49. The van der Waals surface area contributed by atoms with Gasteiger partial charge in [-0.1, -0.05) is 24.9 Å². The number of aromatic nitrogens is 1. The Morgan fingerprint density at radius 3 is 2.59 bits per heavy atom. The van der Waals surface area contributed by atoms with Crippen molar-refractivity contribution in [2.75, 3.05) is 19.6 Å². The molecule has 2 rings (SSSR count). The van der Waals surface area contributed by atoms with Crippen LogP contribution in [0.1, 0.15) is 54.4 Å². The second kappa shape index (κ2) is 7.29. The van der Waals surface area contributed by atoms with E-state index < -0.39 is 0 Å². The Labute approximate surface area is 130 Å². The van der Waals surface area contributed by atoms with Crippen molar-refractivity contribution >= 4 is 11.9 Å². The van der Waals surface area contributed by atoms with Gasteiger partial charge < -0.3 is 9.84 Å². The molecule has 7 heteroatoms. The fourth-order valence-corrected chi connectivity index (χ4v) is 2.61. The maximum absolute atomic E-state index is 12.6. The van der Waals surface area contributed by atoms with Gasteiger partial charge in [-0.3, -0.25) is 4.79 Å². The zero-order valence-electron chi connectivity index (χ0n) is 13.5. The van der Waals surface area contributed by atoms with E-state index in [2.05, 4.69) is 17.4 Å². The number of carbonyl (C=O) groups is 2. The number of carbonyl (C=O) groups excluding carboxylic acids is 2. The second-order valence-corrected chi connectivity index (χ2v) is 5.54. The van der Waals surface area contributed by atoms with Crippen LogP contribution in [0.5, 0.6) is 0 Å². The summed E-state index contributed by atoms with van der Waals surface area (Å²) in [6.45, 7) is 7.27. The summed E-state index contributed by atoms with van der Waals surface area (Å²) >= 11 is 0. The van der Waals surface area contributed by atoms with Gasteiger partial charge in [-0.2, -0.15) is 0 Å². The minimum absolute atomic E-state index is 0.214. The number of nitrogens with zero attached hydrogens (tertiary/aromatic N) is 3.